The number of rotatable bonds is 12. The summed E-state index contributed by atoms with van der Waals surface area (Å²) >= 11 is 0. The summed E-state index contributed by atoms with van der Waals surface area (Å²) in [6.45, 7) is 23.3. The molecule has 0 fully saturated rings. The normalized spacial score (nSPS) is 14.4. The lowest BCUT2D eigenvalue weighted by atomic mass is 9.84. The molecule has 1 heteroatoms. The predicted octanol–water partition coefficient (Wildman–Crippen LogP) is 14.7. The Morgan fingerprint density at radius 1 is 0.510 bits per heavy atom. The summed E-state index contributed by atoms with van der Waals surface area (Å²) in [6, 6.07) is 31.4. The van der Waals surface area contributed by atoms with E-state index in [1.807, 2.05) is 0 Å². The molecule has 0 radical (unpaired) electrons. The van der Waals surface area contributed by atoms with Gasteiger partial charge in [0.1, 0.15) is 8.07 Å². The van der Waals surface area contributed by atoms with E-state index in [1.54, 1.807) is 10.4 Å². The molecule has 0 nitrogen and oxygen atoms in total. The molecule has 0 atom stereocenters. The fourth-order valence-corrected chi connectivity index (χ4v) is 14.6. The van der Waals surface area contributed by atoms with Crippen molar-refractivity contribution in [1.29, 1.82) is 0 Å². The van der Waals surface area contributed by atoms with Gasteiger partial charge in [0.15, 0.2) is 0 Å². The summed E-state index contributed by atoms with van der Waals surface area (Å²) in [6.07, 6.45) is 15.6. The van der Waals surface area contributed by atoms with Crippen LogP contribution in [0.15, 0.2) is 83.2 Å². The van der Waals surface area contributed by atoms with E-state index in [2.05, 4.69) is 154 Å². The van der Waals surface area contributed by atoms with E-state index < -0.39 is 8.07 Å². The average Bonchev–Trinajstić information content (AvgIpc) is 3.73. The van der Waals surface area contributed by atoms with Gasteiger partial charge < -0.3 is 0 Å². The summed E-state index contributed by atoms with van der Waals surface area (Å²) in [5, 5.41) is 3.60. The molecule has 6 rings (SSSR count). The molecule has 2 aliphatic rings. The van der Waals surface area contributed by atoms with E-state index in [1.165, 1.54) is 117 Å². The van der Waals surface area contributed by atoms with Gasteiger partial charge in [-0.05, 0) is 116 Å². The van der Waals surface area contributed by atoms with Crippen LogP contribution in [0.1, 0.15) is 138 Å². The molecule has 268 valence electrons. The van der Waals surface area contributed by atoms with Crippen molar-refractivity contribution in [2.24, 2.45) is 0 Å². The Morgan fingerprint density at radius 2 is 0.922 bits per heavy atom. The molecular formula is C50H64Si. The third-order valence-corrected chi connectivity index (χ3v) is 17.7. The summed E-state index contributed by atoms with van der Waals surface area (Å²) in [7, 11) is -2.02. The summed E-state index contributed by atoms with van der Waals surface area (Å²) in [5.74, 6) is 0. The fourth-order valence-electron chi connectivity index (χ4n) is 9.01. The van der Waals surface area contributed by atoms with Crippen LogP contribution in [0.2, 0.25) is 12.1 Å². The zero-order valence-electron chi connectivity index (χ0n) is 33.7. The standard InChI is InChI=1S/C50H64Si/c1-11-13-15-27-51(28-16-14-12-2,41-31-37-19-17-21-45(47(37)33-41)43-25-23-39(29-35(43)3)49(5,6)7)42-32-38-20-18-22-46(48(38)34-42)44-26-24-40(30-36(44)4)50(8,9)10/h17-26,29-30,33-34H,11-16,27-28,31-32H2,1-10H3. The number of unbranched alkanes of at least 4 members (excludes halogenated alkanes) is 4. The van der Waals surface area contributed by atoms with Gasteiger partial charge in [0, 0.05) is 0 Å². The van der Waals surface area contributed by atoms with Gasteiger partial charge >= 0.3 is 0 Å². The molecule has 4 aromatic carbocycles. The number of aryl methyl sites for hydroxylation is 2. The maximum absolute atomic E-state index is 2.73. The van der Waals surface area contributed by atoms with E-state index >= 15 is 0 Å². The minimum Gasteiger partial charge on any atom is -0.0709 e. The van der Waals surface area contributed by atoms with Crippen molar-refractivity contribution < 1.29 is 0 Å². The Labute approximate surface area is 312 Å². The van der Waals surface area contributed by atoms with Crippen molar-refractivity contribution in [2.45, 2.75) is 144 Å². The number of fused-ring (bicyclic) bond motifs is 2. The van der Waals surface area contributed by atoms with Crippen LogP contribution in [0.3, 0.4) is 0 Å². The van der Waals surface area contributed by atoms with Gasteiger partial charge in [0.05, 0.1) is 0 Å². The first kappa shape index (κ1) is 37.3. The number of hydrogen-bond donors (Lipinski definition) is 0. The lowest BCUT2D eigenvalue weighted by Gasteiger charge is -2.36. The first-order valence-corrected chi connectivity index (χ1v) is 22.6. The summed E-state index contributed by atoms with van der Waals surface area (Å²) in [5.41, 5.74) is 17.6. The largest absolute Gasteiger partial charge is 0.109 e. The molecule has 0 unspecified atom stereocenters. The summed E-state index contributed by atoms with van der Waals surface area (Å²) < 4.78 is 0. The molecule has 0 aromatic heterocycles. The molecule has 0 saturated heterocycles. The Kier molecular flexibility index (Phi) is 10.9. The van der Waals surface area contributed by atoms with Gasteiger partial charge in [0.25, 0.3) is 0 Å². The van der Waals surface area contributed by atoms with Crippen LogP contribution in [0.5, 0.6) is 0 Å². The van der Waals surface area contributed by atoms with Crippen LogP contribution < -0.4 is 0 Å². The Bertz CT molecular complexity index is 1810. The van der Waals surface area contributed by atoms with Crippen LogP contribution >= 0.6 is 0 Å². The number of hydrogen-bond acceptors (Lipinski definition) is 0. The lowest BCUT2D eigenvalue weighted by Crippen LogP contribution is -2.40. The smallest absolute Gasteiger partial charge is 0.0709 e. The lowest BCUT2D eigenvalue weighted by molar-refractivity contribution is 0.589. The molecule has 0 spiro atoms. The first-order valence-electron chi connectivity index (χ1n) is 20.2. The molecular weight excluding hydrogens is 629 g/mol. The van der Waals surface area contributed by atoms with Crippen molar-refractivity contribution in [1.82, 2.24) is 0 Å². The van der Waals surface area contributed by atoms with Crippen molar-refractivity contribution >= 4 is 20.2 Å². The monoisotopic (exact) mass is 692 g/mol. The molecule has 51 heavy (non-hydrogen) atoms. The van der Waals surface area contributed by atoms with E-state index in [-0.39, 0.29) is 10.8 Å². The second-order valence-corrected chi connectivity index (χ2v) is 22.5. The maximum atomic E-state index is 2.73. The molecule has 0 bridgehead atoms. The maximum Gasteiger partial charge on any atom is 0.109 e. The zero-order chi connectivity index (χ0) is 36.6. The zero-order valence-corrected chi connectivity index (χ0v) is 34.7. The first-order chi connectivity index (χ1) is 24.3. The van der Waals surface area contributed by atoms with Crippen molar-refractivity contribution in [3.63, 3.8) is 0 Å². The van der Waals surface area contributed by atoms with Gasteiger partial charge in [0.2, 0.25) is 0 Å². The SMILES string of the molecule is CCCCC[Si](CCCCC)(C1=Cc2c(cccc2-c2ccc(C(C)(C)C)cc2C)C1)C1=Cc2c(cccc2-c2ccc(C(C)(C)C)cc2C)C1. The predicted molar refractivity (Wildman–Crippen MR) is 228 cm³/mol. The molecule has 2 aliphatic carbocycles. The van der Waals surface area contributed by atoms with E-state index in [4.69, 9.17) is 0 Å². The van der Waals surface area contributed by atoms with Gasteiger partial charge in [-0.3, -0.25) is 0 Å². The highest BCUT2D eigenvalue weighted by atomic mass is 28.3. The third-order valence-electron chi connectivity index (χ3n) is 12.2. The van der Waals surface area contributed by atoms with E-state index in [0.29, 0.717) is 0 Å². The van der Waals surface area contributed by atoms with Crippen LogP contribution in [-0.2, 0) is 23.7 Å². The number of allylic oxidation sites excluding steroid dienone is 2. The average molecular weight is 693 g/mol. The van der Waals surface area contributed by atoms with Gasteiger partial charge in [-0.15, -0.1) is 0 Å². The molecule has 0 aliphatic heterocycles. The minimum atomic E-state index is -2.02. The Hall–Kier alpha value is -3.42. The number of benzene rings is 4. The van der Waals surface area contributed by atoms with Crippen LogP contribution in [0, 0.1) is 13.8 Å². The molecule has 0 N–H and O–H groups in total. The third kappa shape index (κ3) is 7.57. The Morgan fingerprint density at radius 3 is 1.27 bits per heavy atom. The van der Waals surface area contributed by atoms with Gasteiger partial charge in [-0.2, -0.15) is 0 Å². The van der Waals surface area contributed by atoms with Crippen molar-refractivity contribution in [2.75, 3.05) is 0 Å². The highest BCUT2D eigenvalue weighted by molar-refractivity contribution is 6.94. The molecule has 0 heterocycles. The fraction of sp³-hybridized carbons (Fsp3) is 0.440. The second kappa shape index (κ2) is 14.9. The van der Waals surface area contributed by atoms with Crippen molar-refractivity contribution in [3.05, 3.63) is 128 Å². The molecule has 4 aromatic rings. The quantitative estimate of drug-likeness (QED) is 0.102. The van der Waals surface area contributed by atoms with Crippen LogP contribution in [-0.4, -0.2) is 8.07 Å². The summed E-state index contributed by atoms with van der Waals surface area (Å²) in [4.78, 5) is 0. The second-order valence-electron chi connectivity index (χ2n) is 18.0. The van der Waals surface area contributed by atoms with Crippen LogP contribution in [0.25, 0.3) is 34.4 Å². The van der Waals surface area contributed by atoms with Gasteiger partial charge in [-0.1, -0.05) is 189 Å². The van der Waals surface area contributed by atoms with E-state index in [9.17, 15) is 0 Å². The van der Waals surface area contributed by atoms with Gasteiger partial charge in [-0.25, -0.2) is 0 Å². The topological polar surface area (TPSA) is 0 Å². The van der Waals surface area contributed by atoms with Crippen LogP contribution in [0.4, 0.5) is 0 Å². The Balaban J connectivity index is 1.47. The minimum absolute atomic E-state index is 0.151. The van der Waals surface area contributed by atoms with Crippen molar-refractivity contribution in [3.8, 4) is 22.3 Å². The van der Waals surface area contributed by atoms with E-state index in [0.717, 1.165) is 12.8 Å². The molecule has 0 saturated carbocycles. The highest BCUT2D eigenvalue weighted by Gasteiger charge is 2.43. The highest BCUT2D eigenvalue weighted by Crippen LogP contribution is 2.48. The molecule has 0 amide bonds.